The van der Waals surface area contributed by atoms with Gasteiger partial charge in [-0.1, -0.05) is 10.4 Å². The summed E-state index contributed by atoms with van der Waals surface area (Å²) >= 11 is 0. The van der Waals surface area contributed by atoms with Crippen LogP contribution < -0.4 is 14.2 Å². The van der Waals surface area contributed by atoms with Crippen molar-refractivity contribution in [3.05, 3.63) is 42.0 Å². The maximum atomic E-state index is 12.3. The lowest BCUT2D eigenvalue weighted by molar-refractivity contribution is -0.200. The van der Waals surface area contributed by atoms with Gasteiger partial charge in [-0.3, -0.25) is 19.2 Å². The van der Waals surface area contributed by atoms with E-state index in [1.54, 1.807) is 18.2 Å². The molecule has 2 aliphatic heterocycles. The zero-order valence-electron chi connectivity index (χ0n) is 24.7. The van der Waals surface area contributed by atoms with E-state index in [1.165, 1.54) is 28.9 Å². The maximum Gasteiger partial charge on any atom is 0.303 e. The smallest absolute Gasteiger partial charge is 0.303 e. The molecule has 0 saturated carbocycles. The molecule has 17 nitrogen and oxygen atoms in total. The minimum absolute atomic E-state index is 0.00409. The molecular formula is C27H32N6O11. The first kappa shape index (κ1) is 31.7. The number of carbonyl (C=O) groups excluding carboxylic acids is 4. The Kier molecular flexibility index (Phi) is 10.3. The van der Waals surface area contributed by atoms with Gasteiger partial charge in [0, 0.05) is 33.8 Å². The molecule has 4 heterocycles. The van der Waals surface area contributed by atoms with E-state index in [0.29, 0.717) is 28.6 Å². The molecule has 1 aromatic carbocycles. The Morgan fingerprint density at radius 1 is 0.727 bits per heavy atom. The molecular weight excluding hydrogens is 584 g/mol. The summed E-state index contributed by atoms with van der Waals surface area (Å²) in [6.45, 7) is 4.20. The third-order valence-corrected chi connectivity index (χ3v) is 6.10. The second-order valence-electron chi connectivity index (χ2n) is 9.70. The molecule has 0 saturated heterocycles. The van der Waals surface area contributed by atoms with E-state index < -0.39 is 48.3 Å². The number of benzene rings is 1. The Balaban J connectivity index is 1.80. The summed E-state index contributed by atoms with van der Waals surface area (Å²) < 4.78 is 42.1. The third-order valence-electron chi connectivity index (χ3n) is 6.10. The standard InChI is InChI=1S/C27H32N6O11/c1-15(34)41-24-11-32-9-19(28-30-32)13-39-21-6-7-22(23(8-21)38-5)40-14-20-10-33(31-29-20)12-25(42-16(2)35)27(44-18(4)37)26(24)43-17(3)36/h6-10,24-27H,11-14H2,1-5H3/t24-,25-,26-,27-/m1/s1. The Morgan fingerprint density at radius 2 is 1.20 bits per heavy atom. The molecule has 44 heavy (non-hydrogen) atoms. The minimum Gasteiger partial charge on any atom is -0.493 e. The summed E-state index contributed by atoms with van der Waals surface area (Å²) in [5.41, 5.74) is 0.819. The summed E-state index contributed by atoms with van der Waals surface area (Å²) in [7, 11) is 1.49. The number of hydrogen-bond acceptors (Lipinski definition) is 15. The van der Waals surface area contributed by atoms with Gasteiger partial charge < -0.3 is 33.2 Å². The first-order valence-corrected chi connectivity index (χ1v) is 13.4. The van der Waals surface area contributed by atoms with Gasteiger partial charge in [0.15, 0.2) is 35.9 Å². The van der Waals surface area contributed by atoms with E-state index in [9.17, 15) is 19.2 Å². The van der Waals surface area contributed by atoms with Crippen molar-refractivity contribution in [1.82, 2.24) is 30.0 Å². The van der Waals surface area contributed by atoms with Crippen LogP contribution in [0.5, 0.6) is 17.2 Å². The zero-order valence-corrected chi connectivity index (χ0v) is 24.7. The number of hydrogen-bond donors (Lipinski definition) is 0. The van der Waals surface area contributed by atoms with E-state index >= 15 is 0 Å². The minimum atomic E-state index is -1.47. The van der Waals surface area contributed by atoms with Crippen LogP contribution >= 0.6 is 0 Å². The van der Waals surface area contributed by atoms with Crippen LogP contribution in [0.3, 0.4) is 0 Å². The second kappa shape index (κ2) is 14.3. The molecule has 17 heteroatoms. The molecule has 0 radical (unpaired) electrons. The van der Waals surface area contributed by atoms with E-state index in [4.69, 9.17) is 33.2 Å². The van der Waals surface area contributed by atoms with Crippen LogP contribution in [0.25, 0.3) is 0 Å². The van der Waals surface area contributed by atoms with Crippen LogP contribution in [0.1, 0.15) is 39.1 Å². The van der Waals surface area contributed by atoms with Crippen molar-refractivity contribution in [2.75, 3.05) is 7.11 Å². The largest absolute Gasteiger partial charge is 0.493 e. The molecule has 0 spiro atoms. The lowest BCUT2D eigenvalue weighted by Crippen LogP contribution is -2.53. The molecule has 0 fully saturated rings. The fourth-order valence-electron chi connectivity index (χ4n) is 4.46. The molecule has 236 valence electrons. The average Bonchev–Trinajstić information content (AvgIpc) is 3.60. The van der Waals surface area contributed by atoms with E-state index in [1.807, 2.05) is 0 Å². The topological polar surface area (TPSA) is 194 Å². The van der Waals surface area contributed by atoms with Crippen LogP contribution in [0.15, 0.2) is 30.6 Å². The van der Waals surface area contributed by atoms with Gasteiger partial charge in [0.05, 0.1) is 32.6 Å². The van der Waals surface area contributed by atoms with Gasteiger partial charge >= 0.3 is 23.9 Å². The molecule has 0 amide bonds. The Morgan fingerprint density at radius 3 is 1.66 bits per heavy atom. The van der Waals surface area contributed by atoms with Crippen molar-refractivity contribution in [1.29, 1.82) is 0 Å². The summed E-state index contributed by atoms with van der Waals surface area (Å²) in [6.07, 6.45) is -2.42. The number of rotatable bonds is 5. The number of methoxy groups -OCH3 is 1. The van der Waals surface area contributed by atoms with Crippen LogP contribution in [-0.2, 0) is 64.4 Å². The Bertz CT molecular complexity index is 1490. The number of fused-ring (bicyclic) bond motifs is 9. The Hall–Kier alpha value is -5.22. The number of aromatic nitrogens is 6. The number of nitrogens with zero attached hydrogens (tertiary/aromatic N) is 6. The van der Waals surface area contributed by atoms with Crippen molar-refractivity contribution >= 4 is 23.9 Å². The highest BCUT2D eigenvalue weighted by atomic mass is 16.6. The quantitative estimate of drug-likeness (QED) is 0.288. The highest BCUT2D eigenvalue weighted by Gasteiger charge is 2.44. The monoisotopic (exact) mass is 616 g/mol. The first-order chi connectivity index (χ1) is 21.0. The maximum absolute atomic E-state index is 12.3. The summed E-state index contributed by atoms with van der Waals surface area (Å²) in [4.78, 5) is 49.0. The lowest BCUT2D eigenvalue weighted by atomic mass is 10.0. The highest BCUT2D eigenvalue weighted by molar-refractivity contribution is 5.69. The van der Waals surface area contributed by atoms with Crippen LogP contribution in [0.2, 0.25) is 0 Å². The van der Waals surface area contributed by atoms with Gasteiger partial charge in [0.2, 0.25) is 0 Å². The first-order valence-electron chi connectivity index (χ1n) is 13.4. The van der Waals surface area contributed by atoms with Crippen molar-refractivity contribution in [2.24, 2.45) is 0 Å². The summed E-state index contributed by atoms with van der Waals surface area (Å²) in [6, 6.07) is 5.01. The van der Waals surface area contributed by atoms with Crippen molar-refractivity contribution in [2.45, 2.75) is 78.4 Å². The fraction of sp³-hybridized carbons (Fsp3) is 0.481. The number of esters is 4. The molecule has 2 aromatic heterocycles. The van der Waals surface area contributed by atoms with Gasteiger partial charge in [-0.05, 0) is 12.1 Å². The van der Waals surface area contributed by atoms with Gasteiger partial charge in [-0.15, -0.1) is 10.2 Å². The summed E-state index contributed by atoms with van der Waals surface area (Å²) in [5, 5.41) is 16.3. The second-order valence-corrected chi connectivity index (χ2v) is 9.70. The van der Waals surface area contributed by atoms with Crippen LogP contribution in [0, 0.1) is 0 Å². The molecule has 2 aliphatic rings. The van der Waals surface area contributed by atoms with E-state index in [2.05, 4.69) is 20.6 Å². The van der Waals surface area contributed by atoms with E-state index in [-0.39, 0.29) is 26.3 Å². The van der Waals surface area contributed by atoms with Gasteiger partial charge in [-0.25, -0.2) is 9.36 Å². The molecule has 3 aromatic rings. The zero-order chi connectivity index (χ0) is 31.8. The molecule has 5 rings (SSSR count). The SMILES string of the molecule is COc1cc2ccc1OCc1cn(nn1)C[C@@H](OC(C)=O)[C@@H](OC(C)=O)[C@H](OC(C)=O)[C@H](OC(C)=O)Cn1cc(nn1)CO2. The molecule has 0 aliphatic carbocycles. The lowest BCUT2D eigenvalue weighted by Gasteiger charge is -2.35. The molecule has 0 N–H and O–H groups in total. The summed E-state index contributed by atoms with van der Waals surface area (Å²) in [5.74, 6) is -1.72. The number of ether oxygens (including phenoxy) is 7. The van der Waals surface area contributed by atoms with Crippen molar-refractivity contribution in [3.8, 4) is 17.2 Å². The molecule has 0 unspecified atom stereocenters. The fourth-order valence-corrected chi connectivity index (χ4v) is 4.46. The molecule has 4 atom stereocenters. The number of carbonyl (C=O) groups is 4. The molecule has 6 bridgehead atoms. The predicted octanol–water partition coefficient (Wildman–Crippen LogP) is 0.777. The van der Waals surface area contributed by atoms with Crippen molar-refractivity contribution in [3.63, 3.8) is 0 Å². The third kappa shape index (κ3) is 8.65. The highest BCUT2D eigenvalue weighted by Crippen LogP contribution is 2.32. The van der Waals surface area contributed by atoms with Crippen LogP contribution in [-0.4, -0.2) is 85.4 Å². The van der Waals surface area contributed by atoms with Gasteiger partial charge in [0.25, 0.3) is 0 Å². The predicted molar refractivity (Wildman–Crippen MR) is 144 cm³/mol. The van der Waals surface area contributed by atoms with E-state index in [0.717, 1.165) is 27.7 Å². The van der Waals surface area contributed by atoms with Crippen LogP contribution in [0.4, 0.5) is 0 Å². The van der Waals surface area contributed by atoms with Crippen molar-refractivity contribution < 1.29 is 52.3 Å². The average molecular weight is 617 g/mol. The van der Waals surface area contributed by atoms with Gasteiger partial charge in [0.1, 0.15) is 30.4 Å². The Labute approximate surface area is 251 Å². The van der Waals surface area contributed by atoms with Gasteiger partial charge in [-0.2, -0.15) is 0 Å². The normalized spacial score (nSPS) is 20.3.